The van der Waals surface area contributed by atoms with E-state index in [0.717, 1.165) is 17.7 Å². The first kappa shape index (κ1) is 17.0. The van der Waals surface area contributed by atoms with Crippen LogP contribution in [0.2, 0.25) is 0 Å². The summed E-state index contributed by atoms with van der Waals surface area (Å²) in [6, 6.07) is 2.48. The molecule has 3 rings (SSSR count). The fourth-order valence-corrected chi connectivity index (χ4v) is 2.81. The summed E-state index contributed by atoms with van der Waals surface area (Å²) >= 11 is 0. The molecule has 1 aromatic rings. The minimum absolute atomic E-state index is 0.138. The minimum atomic E-state index is -4.42. The van der Waals surface area contributed by atoms with E-state index in [1.54, 1.807) is 0 Å². The summed E-state index contributed by atoms with van der Waals surface area (Å²) < 4.78 is 49.2. The largest absolute Gasteiger partial charge is 0.472 e. The molecular weight excluding hydrogens is 325 g/mol. The normalized spacial score (nSPS) is 21.4. The zero-order valence-corrected chi connectivity index (χ0v) is 13.1. The van der Waals surface area contributed by atoms with Gasteiger partial charge in [-0.1, -0.05) is 0 Å². The van der Waals surface area contributed by atoms with Gasteiger partial charge < -0.3 is 14.4 Å². The average Bonchev–Trinajstić information content (AvgIpc) is 2.96. The molecule has 1 aliphatic carbocycles. The van der Waals surface area contributed by atoms with Crippen LogP contribution in [0.4, 0.5) is 13.2 Å². The number of nitrogens with zero attached hydrogens (tertiary/aromatic N) is 2. The zero-order valence-electron chi connectivity index (χ0n) is 13.1. The van der Waals surface area contributed by atoms with Crippen molar-refractivity contribution in [3.63, 3.8) is 0 Å². The molecule has 2 heterocycles. The Balaban J connectivity index is 1.73. The molecule has 1 saturated heterocycles. The Hall–Kier alpha value is -1.83. The van der Waals surface area contributed by atoms with Crippen molar-refractivity contribution in [3.8, 4) is 5.88 Å². The van der Waals surface area contributed by atoms with E-state index >= 15 is 0 Å². The number of pyridine rings is 1. The summed E-state index contributed by atoms with van der Waals surface area (Å²) in [5.41, 5.74) is 0.162. The molecule has 0 spiro atoms. The lowest BCUT2D eigenvalue weighted by molar-refractivity contribution is -0.147. The third-order valence-electron chi connectivity index (χ3n) is 4.28. The van der Waals surface area contributed by atoms with Gasteiger partial charge in [0.2, 0.25) is 5.88 Å². The van der Waals surface area contributed by atoms with E-state index in [1.165, 1.54) is 18.3 Å². The molecule has 2 aliphatic rings. The molecule has 0 N–H and O–H groups in total. The Morgan fingerprint density at radius 3 is 2.75 bits per heavy atom. The molecule has 1 aliphatic heterocycles. The average molecular weight is 344 g/mol. The Bertz CT molecular complexity index is 584. The van der Waals surface area contributed by atoms with E-state index in [1.807, 2.05) is 0 Å². The predicted molar refractivity (Wildman–Crippen MR) is 78.8 cm³/mol. The Kier molecular flexibility index (Phi) is 4.93. The highest BCUT2D eigenvalue weighted by molar-refractivity contribution is 5.94. The molecule has 0 unspecified atom stereocenters. The van der Waals surface area contributed by atoms with Crippen LogP contribution in [0.25, 0.3) is 0 Å². The van der Waals surface area contributed by atoms with E-state index in [9.17, 15) is 18.0 Å². The predicted octanol–water partition coefficient (Wildman–Crippen LogP) is 2.81. The molecule has 5 nitrogen and oxygen atoms in total. The Labute approximate surface area is 137 Å². The Morgan fingerprint density at radius 2 is 2.17 bits per heavy atom. The van der Waals surface area contributed by atoms with Crippen molar-refractivity contribution >= 4 is 5.91 Å². The molecule has 2 fully saturated rings. The summed E-state index contributed by atoms with van der Waals surface area (Å²) in [6.07, 6.45) is -0.392. The van der Waals surface area contributed by atoms with Crippen LogP contribution in [0, 0.1) is 0 Å². The number of halogens is 3. The minimum Gasteiger partial charge on any atom is -0.472 e. The van der Waals surface area contributed by atoms with E-state index in [-0.39, 0.29) is 23.6 Å². The third-order valence-corrected chi connectivity index (χ3v) is 4.28. The van der Waals surface area contributed by atoms with Crippen molar-refractivity contribution in [2.45, 2.75) is 44.0 Å². The molecule has 1 amide bonds. The quantitative estimate of drug-likeness (QED) is 0.824. The highest BCUT2D eigenvalue weighted by atomic mass is 19.4. The fraction of sp³-hybridized carbons (Fsp3) is 0.625. The lowest BCUT2D eigenvalue weighted by Gasteiger charge is -2.38. The number of rotatable bonds is 5. The van der Waals surface area contributed by atoms with Crippen molar-refractivity contribution in [2.24, 2.45) is 0 Å². The second-order valence-electron chi connectivity index (χ2n) is 6.12. The van der Waals surface area contributed by atoms with Gasteiger partial charge in [-0.2, -0.15) is 13.2 Å². The van der Waals surface area contributed by atoms with E-state index < -0.39 is 18.6 Å². The number of carbonyl (C=O) groups is 1. The van der Waals surface area contributed by atoms with Crippen molar-refractivity contribution in [2.75, 3.05) is 19.8 Å². The van der Waals surface area contributed by atoms with Crippen molar-refractivity contribution < 1.29 is 27.4 Å². The van der Waals surface area contributed by atoms with Gasteiger partial charge in [0.05, 0.1) is 13.2 Å². The second kappa shape index (κ2) is 6.96. The van der Waals surface area contributed by atoms with E-state index in [0.29, 0.717) is 26.1 Å². The van der Waals surface area contributed by atoms with Gasteiger partial charge >= 0.3 is 6.18 Å². The molecule has 132 valence electrons. The number of hydrogen-bond donors (Lipinski definition) is 0. The van der Waals surface area contributed by atoms with Crippen LogP contribution in [0.15, 0.2) is 18.3 Å². The summed E-state index contributed by atoms with van der Waals surface area (Å²) in [5.74, 6) is -0.399. The molecule has 8 heteroatoms. The number of amides is 1. The number of carbonyl (C=O) groups excluding carboxylic acids is 1. The Morgan fingerprint density at radius 1 is 1.38 bits per heavy atom. The fourth-order valence-electron chi connectivity index (χ4n) is 2.81. The van der Waals surface area contributed by atoms with Crippen LogP contribution in [-0.4, -0.2) is 53.9 Å². The maximum absolute atomic E-state index is 12.8. The molecule has 0 aromatic carbocycles. The van der Waals surface area contributed by atoms with Crippen molar-refractivity contribution in [3.05, 3.63) is 23.9 Å². The highest BCUT2D eigenvalue weighted by Gasteiger charge is 2.38. The van der Waals surface area contributed by atoms with Crippen LogP contribution in [0.5, 0.6) is 5.88 Å². The maximum atomic E-state index is 12.8. The lowest BCUT2D eigenvalue weighted by Crippen LogP contribution is -2.48. The van der Waals surface area contributed by atoms with Crippen LogP contribution >= 0.6 is 0 Å². The zero-order chi connectivity index (χ0) is 17.2. The number of aromatic nitrogens is 1. The van der Waals surface area contributed by atoms with Gasteiger partial charge in [-0.25, -0.2) is 4.98 Å². The first-order chi connectivity index (χ1) is 11.4. The monoisotopic (exact) mass is 344 g/mol. The molecule has 24 heavy (non-hydrogen) atoms. The van der Waals surface area contributed by atoms with Gasteiger partial charge in [0.1, 0.15) is 12.6 Å². The first-order valence-electron chi connectivity index (χ1n) is 8.00. The van der Waals surface area contributed by atoms with Crippen LogP contribution < -0.4 is 4.74 Å². The van der Waals surface area contributed by atoms with Crippen LogP contribution in [0.3, 0.4) is 0 Å². The summed E-state index contributed by atoms with van der Waals surface area (Å²) in [4.78, 5) is 17.5. The molecular formula is C16H19F3N2O3. The topological polar surface area (TPSA) is 51.7 Å². The third kappa shape index (κ3) is 4.17. The molecule has 1 atom stereocenters. The molecule has 0 radical (unpaired) electrons. The highest BCUT2D eigenvalue weighted by Crippen LogP contribution is 2.30. The summed E-state index contributed by atoms with van der Waals surface area (Å²) in [5, 5.41) is 0. The standard InChI is InChI=1S/C16H19F3N2O3/c17-16(18,19)10-21(12-2-1-3-12)15(22)11-4-6-20-14(8-11)24-13-5-7-23-9-13/h4,6,8,12-13H,1-3,5,7,9-10H2/t13-/m1/s1. The van der Waals surface area contributed by atoms with Crippen LogP contribution in [-0.2, 0) is 4.74 Å². The molecule has 1 aromatic heterocycles. The van der Waals surface area contributed by atoms with Gasteiger partial charge in [0.25, 0.3) is 5.91 Å². The van der Waals surface area contributed by atoms with Gasteiger partial charge in [0, 0.05) is 30.3 Å². The lowest BCUT2D eigenvalue weighted by atomic mass is 9.91. The van der Waals surface area contributed by atoms with Crippen molar-refractivity contribution in [1.82, 2.24) is 9.88 Å². The number of hydrogen-bond acceptors (Lipinski definition) is 4. The molecule has 0 bridgehead atoms. The summed E-state index contributed by atoms with van der Waals surface area (Å²) in [7, 11) is 0. The summed E-state index contributed by atoms with van der Waals surface area (Å²) in [6.45, 7) is -0.183. The first-order valence-corrected chi connectivity index (χ1v) is 8.00. The van der Waals surface area contributed by atoms with Gasteiger partial charge in [-0.15, -0.1) is 0 Å². The van der Waals surface area contributed by atoms with Crippen molar-refractivity contribution in [1.29, 1.82) is 0 Å². The number of ether oxygens (including phenoxy) is 2. The van der Waals surface area contributed by atoms with Gasteiger partial charge in [-0.05, 0) is 25.3 Å². The van der Waals surface area contributed by atoms with Crippen LogP contribution in [0.1, 0.15) is 36.0 Å². The SMILES string of the molecule is O=C(c1ccnc(O[C@@H]2CCOC2)c1)N(CC(F)(F)F)C1CCC1. The second-order valence-corrected chi connectivity index (χ2v) is 6.12. The number of alkyl halides is 3. The van der Waals surface area contributed by atoms with E-state index in [2.05, 4.69) is 4.98 Å². The molecule has 1 saturated carbocycles. The van der Waals surface area contributed by atoms with Gasteiger partial charge in [-0.3, -0.25) is 4.79 Å². The van der Waals surface area contributed by atoms with Gasteiger partial charge in [0.15, 0.2) is 0 Å². The smallest absolute Gasteiger partial charge is 0.406 e. The van der Waals surface area contributed by atoms with E-state index in [4.69, 9.17) is 9.47 Å². The maximum Gasteiger partial charge on any atom is 0.406 e.